The maximum atomic E-state index is 5.01. The van der Waals surface area contributed by atoms with Crippen molar-refractivity contribution < 1.29 is 0 Å². The lowest BCUT2D eigenvalue weighted by molar-refractivity contribution is 0.738. The normalized spacial score (nSPS) is 14.5. The number of hydrogen-bond acceptors (Lipinski definition) is 4. The maximum absolute atomic E-state index is 5.01. The molecule has 1 aliphatic rings. The first-order valence-electron chi connectivity index (χ1n) is 10.0. The molecule has 3 heterocycles. The summed E-state index contributed by atoms with van der Waals surface area (Å²) in [5.74, 6) is 1.11. The van der Waals surface area contributed by atoms with Crippen molar-refractivity contribution in [3.8, 4) is 0 Å². The molecule has 146 valence electrons. The van der Waals surface area contributed by atoms with E-state index in [2.05, 4.69) is 67.5 Å². The largest absolute Gasteiger partial charge is 0.324 e. The Labute approximate surface area is 171 Å². The van der Waals surface area contributed by atoms with Crippen molar-refractivity contribution in [3.63, 3.8) is 0 Å². The fourth-order valence-electron chi connectivity index (χ4n) is 4.52. The van der Waals surface area contributed by atoms with Crippen LogP contribution in [0.5, 0.6) is 0 Å². The third kappa shape index (κ3) is 3.18. The first-order chi connectivity index (χ1) is 13.5. The Morgan fingerprint density at radius 1 is 1.21 bits per heavy atom. The number of aryl methyl sites for hydroxylation is 4. The second kappa shape index (κ2) is 7.55. The first kappa shape index (κ1) is 18.9. The predicted octanol–water partition coefficient (Wildman–Crippen LogP) is 5.73. The summed E-state index contributed by atoms with van der Waals surface area (Å²) in [4.78, 5) is 7.02. The van der Waals surface area contributed by atoms with Gasteiger partial charge in [-0.05, 0) is 51.2 Å². The van der Waals surface area contributed by atoms with E-state index in [4.69, 9.17) is 5.10 Å². The molecule has 0 N–H and O–H groups in total. The molecule has 4 rings (SSSR count). The molecular weight excluding hydrogens is 364 g/mol. The minimum Gasteiger partial charge on any atom is -0.324 e. The van der Waals surface area contributed by atoms with E-state index in [1.807, 2.05) is 11.6 Å². The van der Waals surface area contributed by atoms with Gasteiger partial charge < -0.3 is 4.90 Å². The maximum Gasteiger partial charge on any atom is 0.158 e. The third-order valence-corrected chi connectivity index (χ3v) is 6.23. The van der Waals surface area contributed by atoms with Gasteiger partial charge in [0.25, 0.3) is 0 Å². The van der Waals surface area contributed by atoms with Gasteiger partial charge in [-0.2, -0.15) is 5.10 Å². The van der Waals surface area contributed by atoms with E-state index >= 15 is 0 Å². The van der Waals surface area contributed by atoms with E-state index in [1.165, 1.54) is 39.2 Å². The number of aromatic nitrogens is 3. The number of fused-ring (bicyclic) bond motifs is 1. The average Bonchev–Trinajstić information content (AvgIpc) is 3.27. The summed E-state index contributed by atoms with van der Waals surface area (Å²) in [7, 11) is 2.07. The third-order valence-electron chi connectivity index (χ3n) is 5.42. The topological polar surface area (TPSA) is 34.0 Å². The molecule has 3 aromatic rings. The Morgan fingerprint density at radius 3 is 2.61 bits per heavy atom. The first-order valence-corrected chi connectivity index (χ1v) is 10.9. The van der Waals surface area contributed by atoms with Crippen LogP contribution in [0, 0.1) is 20.8 Å². The Bertz CT molecular complexity index is 1000. The van der Waals surface area contributed by atoms with Crippen molar-refractivity contribution >= 4 is 28.4 Å². The quantitative estimate of drug-likeness (QED) is 0.569. The van der Waals surface area contributed by atoms with Gasteiger partial charge in [-0.1, -0.05) is 30.7 Å². The second-order valence-electron chi connectivity index (χ2n) is 7.64. The molecule has 0 amide bonds. The van der Waals surface area contributed by atoms with Crippen LogP contribution in [-0.2, 0) is 13.5 Å². The fourth-order valence-corrected chi connectivity index (χ4v) is 5.20. The zero-order valence-electron chi connectivity index (χ0n) is 17.4. The van der Waals surface area contributed by atoms with E-state index in [0.29, 0.717) is 0 Å². The highest BCUT2D eigenvalue weighted by molar-refractivity contribution is 7.10. The van der Waals surface area contributed by atoms with Crippen LogP contribution >= 0.6 is 11.3 Å². The molecule has 0 radical (unpaired) electrons. The molecule has 1 aromatic carbocycles. The summed E-state index contributed by atoms with van der Waals surface area (Å²) in [6, 6.07) is 4.55. The van der Waals surface area contributed by atoms with Crippen LogP contribution in [0.3, 0.4) is 0 Å². The summed E-state index contributed by atoms with van der Waals surface area (Å²) in [6.45, 7) is 9.79. The van der Waals surface area contributed by atoms with Crippen LogP contribution in [0.2, 0.25) is 0 Å². The van der Waals surface area contributed by atoms with Crippen molar-refractivity contribution in [1.82, 2.24) is 14.8 Å². The number of rotatable bonds is 4. The Morgan fingerprint density at radius 2 is 1.96 bits per heavy atom. The lowest BCUT2D eigenvalue weighted by Gasteiger charge is -2.31. The number of nitrogens with zero attached hydrogens (tertiary/aromatic N) is 4. The van der Waals surface area contributed by atoms with Gasteiger partial charge in [0.2, 0.25) is 0 Å². The van der Waals surface area contributed by atoms with Crippen LogP contribution in [0.25, 0.3) is 5.57 Å². The number of anilines is 2. The molecule has 0 saturated heterocycles. The fraction of sp³-hybridized carbons (Fsp3) is 0.391. The summed E-state index contributed by atoms with van der Waals surface area (Å²) in [6.07, 6.45) is 7.35. The van der Waals surface area contributed by atoms with Gasteiger partial charge in [0, 0.05) is 42.0 Å². The van der Waals surface area contributed by atoms with E-state index in [-0.39, 0.29) is 0 Å². The van der Waals surface area contributed by atoms with Gasteiger partial charge in [-0.15, -0.1) is 11.3 Å². The van der Waals surface area contributed by atoms with Crippen LogP contribution < -0.4 is 4.90 Å². The zero-order chi connectivity index (χ0) is 19.8. The van der Waals surface area contributed by atoms with Crippen molar-refractivity contribution in [2.75, 3.05) is 11.4 Å². The summed E-state index contributed by atoms with van der Waals surface area (Å²) >= 11 is 1.70. The molecule has 1 aliphatic heterocycles. The van der Waals surface area contributed by atoms with Gasteiger partial charge in [0.1, 0.15) is 5.01 Å². The standard InChI is InChI=1S/C23H28N4S/c1-6-8-19(23-24-10-12-28-23)21-18-9-7-11-27(22(18)25-26(21)5)20-16(3)13-15(2)14-17(20)4/h8,10,12-14H,6-7,9,11H2,1-5H3/b19-8+. The van der Waals surface area contributed by atoms with E-state index in [0.717, 1.165) is 36.6 Å². The highest BCUT2D eigenvalue weighted by Gasteiger charge is 2.29. The van der Waals surface area contributed by atoms with Crippen LogP contribution in [0.15, 0.2) is 29.8 Å². The van der Waals surface area contributed by atoms with Gasteiger partial charge in [0.05, 0.1) is 5.69 Å². The lowest BCUT2D eigenvalue weighted by Crippen LogP contribution is -2.26. The van der Waals surface area contributed by atoms with Crippen LogP contribution in [0.1, 0.15) is 52.7 Å². The smallest absolute Gasteiger partial charge is 0.158 e. The van der Waals surface area contributed by atoms with E-state index in [9.17, 15) is 0 Å². The minimum absolute atomic E-state index is 0.981. The molecule has 4 nitrogen and oxygen atoms in total. The molecule has 2 aromatic heterocycles. The van der Waals surface area contributed by atoms with Crippen molar-refractivity contribution in [1.29, 1.82) is 0 Å². The predicted molar refractivity (Wildman–Crippen MR) is 119 cm³/mol. The van der Waals surface area contributed by atoms with Crippen molar-refractivity contribution in [3.05, 3.63) is 62.7 Å². The highest BCUT2D eigenvalue weighted by atomic mass is 32.1. The molecule has 0 unspecified atom stereocenters. The average molecular weight is 393 g/mol. The molecule has 0 atom stereocenters. The van der Waals surface area contributed by atoms with Gasteiger partial charge in [-0.3, -0.25) is 4.68 Å². The molecule has 28 heavy (non-hydrogen) atoms. The van der Waals surface area contributed by atoms with E-state index in [1.54, 1.807) is 11.3 Å². The number of hydrogen-bond donors (Lipinski definition) is 0. The van der Waals surface area contributed by atoms with Crippen LogP contribution in [0.4, 0.5) is 11.5 Å². The summed E-state index contributed by atoms with van der Waals surface area (Å²) in [5, 5.41) is 8.13. The zero-order valence-corrected chi connectivity index (χ0v) is 18.2. The molecule has 0 aliphatic carbocycles. The molecule has 0 saturated carbocycles. The summed E-state index contributed by atoms with van der Waals surface area (Å²) in [5.41, 5.74) is 9.06. The van der Waals surface area contributed by atoms with Crippen molar-refractivity contribution in [2.45, 2.75) is 47.0 Å². The number of thiazole rings is 1. The minimum atomic E-state index is 0.981. The van der Waals surface area contributed by atoms with Crippen molar-refractivity contribution in [2.24, 2.45) is 7.05 Å². The Kier molecular flexibility index (Phi) is 5.11. The number of benzene rings is 1. The molecule has 0 fully saturated rings. The van der Waals surface area contributed by atoms with Gasteiger partial charge in [0.15, 0.2) is 5.82 Å². The summed E-state index contributed by atoms with van der Waals surface area (Å²) < 4.78 is 2.06. The molecular formula is C23H28N4S. The second-order valence-corrected chi connectivity index (χ2v) is 8.53. The molecule has 5 heteroatoms. The highest BCUT2D eigenvalue weighted by Crippen LogP contribution is 2.41. The lowest BCUT2D eigenvalue weighted by atomic mass is 9.97. The Hall–Kier alpha value is -2.40. The number of allylic oxidation sites excluding steroid dienone is 1. The Balaban J connectivity index is 1.87. The van der Waals surface area contributed by atoms with Gasteiger partial charge >= 0.3 is 0 Å². The molecule has 0 spiro atoms. The van der Waals surface area contributed by atoms with Gasteiger partial charge in [-0.25, -0.2) is 4.98 Å². The van der Waals surface area contributed by atoms with E-state index < -0.39 is 0 Å². The monoisotopic (exact) mass is 392 g/mol. The molecule has 0 bridgehead atoms. The van der Waals surface area contributed by atoms with Crippen LogP contribution in [-0.4, -0.2) is 21.3 Å². The SMILES string of the molecule is CC/C=C(/c1nccs1)c1c2c(nn1C)N(c1c(C)cc(C)cc1C)CCC2.